The van der Waals surface area contributed by atoms with Gasteiger partial charge in [-0.3, -0.25) is 0 Å². The van der Waals surface area contributed by atoms with Crippen molar-refractivity contribution in [2.24, 2.45) is 0 Å². The zero-order valence-electron chi connectivity index (χ0n) is 9.23. The number of rotatable bonds is 3. The summed E-state index contributed by atoms with van der Waals surface area (Å²) in [6.07, 6.45) is 0. The summed E-state index contributed by atoms with van der Waals surface area (Å²) in [6, 6.07) is 6.29. The summed E-state index contributed by atoms with van der Waals surface area (Å²) in [5.41, 5.74) is 2.56. The largest absolute Gasteiger partial charge is 0.496 e. The van der Waals surface area contributed by atoms with Gasteiger partial charge in [0.1, 0.15) is 5.75 Å². The molecule has 0 fully saturated rings. The highest BCUT2D eigenvalue weighted by atomic mass is 79.9. The summed E-state index contributed by atoms with van der Waals surface area (Å²) in [4.78, 5) is 0. The van der Waals surface area contributed by atoms with Gasteiger partial charge in [-0.1, -0.05) is 48.0 Å². The van der Waals surface area contributed by atoms with Gasteiger partial charge in [0.15, 0.2) is 0 Å². The van der Waals surface area contributed by atoms with Gasteiger partial charge < -0.3 is 4.74 Å². The van der Waals surface area contributed by atoms with E-state index in [0.717, 1.165) is 11.1 Å². The standard InChI is InChI=1S/C12H17BrO/c1-9-6-5-7-10(11(9)14-4)12(2,3)8-13/h5-7H,8H2,1-4H3. The van der Waals surface area contributed by atoms with Gasteiger partial charge in [0.2, 0.25) is 0 Å². The van der Waals surface area contributed by atoms with Crippen LogP contribution < -0.4 is 4.74 Å². The molecule has 1 rings (SSSR count). The molecular formula is C12H17BrO. The number of aryl methyl sites for hydroxylation is 1. The zero-order valence-corrected chi connectivity index (χ0v) is 10.8. The van der Waals surface area contributed by atoms with Crippen LogP contribution in [0.1, 0.15) is 25.0 Å². The van der Waals surface area contributed by atoms with Crippen LogP contribution in [-0.4, -0.2) is 12.4 Å². The third kappa shape index (κ3) is 2.11. The minimum atomic E-state index is 0.108. The van der Waals surface area contributed by atoms with Gasteiger partial charge >= 0.3 is 0 Å². The fourth-order valence-corrected chi connectivity index (χ4v) is 1.83. The SMILES string of the molecule is COc1c(C)cccc1C(C)(C)CBr. The van der Waals surface area contributed by atoms with Crippen molar-refractivity contribution >= 4 is 15.9 Å². The third-order valence-corrected chi connectivity index (χ3v) is 3.88. The van der Waals surface area contributed by atoms with Crippen molar-refractivity contribution in [1.29, 1.82) is 0 Å². The summed E-state index contributed by atoms with van der Waals surface area (Å²) < 4.78 is 5.44. The molecule has 0 saturated carbocycles. The molecule has 1 aromatic carbocycles. The predicted molar refractivity (Wildman–Crippen MR) is 64.6 cm³/mol. The molecule has 0 saturated heterocycles. The quantitative estimate of drug-likeness (QED) is 0.750. The van der Waals surface area contributed by atoms with Crippen LogP contribution in [0.15, 0.2) is 18.2 Å². The first-order valence-corrected chi connectivity index (χ1v) is 5.85. The monoisotopic (exact) mass is 256 g/mol. The smallest absolute Gasteiger partial charge is 0.125 e. The van der Waals surface area contributed by atoms with E-state index in [9.17, 15) is 0 Å². The minimum Gasteiger partial charge on any atom is -0.496 e. The Morgan fingerprint density at radius 1 is 1.36 bits per heavy atom. The molecular weight excluding hydrogens is 240 g/mol. The summed E-state index contributed by atoms with van der Waals surface area (Å²) in [5, 5.41) is 0.930. The Morgan fingerprint density at radius 3 is 2.50 bits per heavy atom. The van der Waals surface area contributed by atoms with E-state index in [4.69, 9.17) is 4.74 Å². The van der Waals surface area contributed by atoms with E-state index < -0.39 is 0 Å². The van der Waals surface area contributed by atoms with E-state index in [0.29, 0.717) is 0 Å². The van der Waals surface area contributed by atoms with Gasteiger partial charge in [-0.2, -0.15) is 0 Å². The van der Waals surface area contributed by atoms with Crippen molar-refractivity contribution in [1.82, 2.24) is 0 Å². The molecule has 0 amide bonds. The van der Waals surface area contributed by atoms with Crippen LogP contribution in [0.4, 0.5) is 0 Å². The Hall–Kier alpha value is -0.500. The summed E-state index contributed by atoms with van der Waals surface area (Å²) in [6.45, 7) is 6.49. The molecule has 78 valence electrons. The maximum absolute atomic E-state index is 5.44. The Bertz CT molecular complexity index is 318. The number of hydrogen-bond acceptors (Lipinski definition) is 1. The first-order valence-electron chi connectivity index (χ1n) is 4.73. The van der Waals surface area contributed by atoms with Gasteiger partial charge in [0.25, 0.3) is 0 Å². The average Bonchev–Trinajstić information content (AvgIpc) is 2.17. The van der Waals surface area contributed by atoms with Gasteiger partial charge in [-0.05, 0) is 12.5 Å². The first kappa shape index (κ1) is 11.6. The Kier molecular flexibility index (Phi) is 3.59. The van der Waals surface area contributed by atoms with Gasteiger partial charge in [0, 0.05) is 16.3 Å². The zero-order chi connectivity index (χ0) is 10.8. The summed E-state index contributed by atoms with van der Waals surface area (Å²) in [7, 11) is 1.73. The maximum atomic E-state index is 5.44. The van der Waals surface area contributed by atoms with Crippen LogP contribution in [0.3, 0.4) is 0 Å². The molecule has 0 unspecified atom stereocenters. The lowest BCUT2D eigenvalue weighted by Crippen LogP contribution is -2.20. The fraction of sp³-hybridized carbons (Fsp3) is 0.500. The average molecular weight is 257 g/mol. The van der Waals surface area contributed by atoms with Crippen molar-refractivity contribution in [3.05, 3.63) is 29.3 Å². The Balaban J connectivity index is 3.27. The van der Waals surface area contributed by atoms with E-state index in [-0.39, 0.29) is 5.41 Å². The summed E-state index contributed by atoms with van der Waals surface area (Å²) in [5.74, 6) is 1.01. The normalized spacial score (nSPS) is 11.5. The molecule has 0 aliphatic carbocycles. The Labute approximate surface area is 94.6 Å². The van der Waals surface area contributed by atoms with Crippen molar-refractivity contribution in [2.75, 3.05) is 12.4 Å². The molecule has 0 spiro atoms. The Morgan fingerprint density at radius 2 is 2.00 bits per heavy atom. The van der Waals surface area contributed by atoms with Crippen LogP contribution >= 0.6 is 15.9 Å². The number of halogens is 1. The molecule has 0 heterocycles. The van der Waals surface area contributed by atoms with Gasteiger partial charge in [-0.25, -0.2) is 0 Å². The molecule has 0 bridgehead atoms. The van der Waals surface area contributed by atoms with Crippen molar-refractivity contribution < 1.29 is 4.74 Å². The van der Waals surface area contributed by atoms with Crippen molar-refractivity contribution in [3.8, 4) is 5.75 Å². The molecule has 0 radical (unpaired) electrons. The van der Waals surface area contributed by atoms with E-state index in [1.165, 1.54) is 11.1 Å². The second kappa shape index (κ2) is 4.35. The number of hydrogen-bond donors (Lipinski definition) is 0. The number of alkyl halides is 1. The van der Waals surface area contributed by atoms with E-state index in [1.54, 1.807) is 7.11 Å². The van der Waals surface area contributed by atoms with E-state index >= 15 is 0 Å². The molecule has 0 aromatic heterocycles. The molecule has 14 heavy (non-hydrogen) atoms. The highest BCUT2D eigenvalue weighted by Gasteiger charge is 2.23. The maximum Gasteiger partial charge on any atom is 0.125 e. The van der Waals surface area contributed by atoms with E-state index in [1.807, 2.05) is 0 Å². The molecule has 2 heteroatoms. The van der Waals surface area contributed by atoms with Crippen LogP contribution in [0.2, 0.25) is 0 Å². The van der Waals surface area contributed by atoms with Crippen molar-refractivity contribution in [2.45, 2.75) is 26.2 Å². The number of para-hydroxylation sites is 1. The highest BCUT2D eigenvalue weighted by molar-refractivity contribution is 9.09. The minimum absolute atomic E-state index is 0.108. The number of methoxy groups -OCH3 is 1. The van der Waals surface area contributed by atoms with Crippen molar-refractivity contribution in [3.63, 3.8) is 0 Å². The molecule has 1 aromatic rings. The fourth-order valence-electron chi connectivity index (χ4n) is 1.53. The molecule has 0 aliphatic heterocycles. The van der Waals surface area contributed by atoms with Gasteiger partial charge in [-0.15, -0.1) is 0 Å². The number of benzene rings is 1. The van der Waals surface area contributed by atoms with Crippen LogP contribution in [0, 0.1) is 6.92 Å². The van der Waals surface area contributed by atoms with Crippen LogP contribution in [-0.2, 0) is 5.41 Å². The third-order valence-electron chi connectivity index (χ3n) is 2.48. The highest BCUT2D eigenvalue weighted by Crippen LogP contribution is 2.34. The first-order chi connectivity index (χ1) is 6.53. The topological polar surface area (TPSA) is 9.23 Å². The second-order valence-corrected chi connectivity index (χ2v) is 4.73. The molecule has 0 atom stereocenters. The molecule has 1 nitrogen and oxygen atoms in total. The van der Waals surface area contributed by atoms with Crippen LogP contribution in [0.25, 0.3) is 0 Å². The molecule has 0 aliphatic rings. The van der Waals surface area contributed by atoms with Crippen LogP contribution in [0.5, 0.6) is 5.75 Å². The predicted octanol–water partition coefficient (Wildman–Crippen LogP) is 3.68. The number of ether oxygens (including phenoxy) is 1. The van der Waals surface area contributed by atoms with E-state index in [2.05, 4.69) is 54.9 Å². The lowest BCUT2D eigenvalue weighted by Gasteiger charge is -2.25. The lowest BCUT2D eigenvalue weighted by molar-refractivity contribution is 0.395. The second-order valence-electron chi connectivity index (χ2n) is 4.17. The summed E-state index contributed by atoms with van der Waals surface area (Å²) >= 11 is 3.54. The lowest BCUT2D eigenvalue weighted by atomic mass is 9.85. The molecule has 0 N–H and O–H groups in total. The van der Waals surface area contributed by atoms with Gasteiger partial charge in [0.05, 0.1) is 7.11 Å².